The van der Waals surface area contributed by atoms with Gasteiger partial charge in [-0.2, -0.15) is 24.9 Å². The summed E-state index contributed by atoms with van der Waals surface area (Å²) in [6.07, 6.45) is -3.58. The van der Waals surface area contributed by atoms with E-state index in [9.17, 15) is 13.2 Å². The summed E-state index contributed by atoms with van der Waals surface area (Å²) in [7, 11) is 0. The highest BCUT2D eigenvalue weighted by atomic mass is 32.2. The van der Waals surface area contributed by atoms with Crippen molar-refractivity contribution in [1.29, 1.82) is 0 Å². The van der Waals surface area contributed by atoms with Crippen molar-refractivity contribution >= 4 is 23.4 Å². The van der Waals surface area contributed by atoms with Gasteiger partial charge in [0.1, 0.15) is 11.6 Å². The molecule has 0 unspecified atom stereocenters. The second-order valence-corrected chi connectivity index (χ2v) is 5.64. The molecule has 0 amide bonds. The zero-order valence-electron chi connectivity index (χ0n) is 11.2. The van der Waals surface area contributed by atoms with Crippen molar-refractivity contribution in [2.45, 2.75) is 19.5 Å². The molecule has 8 heteroatoms. The fourth-order valence-corrected chi connectivity index (χ4v) is 2.86. The van der Waals surface area contributed by atoms with Gasteiger partial charge in [-0.15, -0.1) is 0 Å². The third-order valence-electron chi connectivity index (χ3n) is 2.87. The molecule has 4 nitrogen and oxygen atoms in total. The second kappa shape index (κ2) is 6.51. The summed E-state index contributed by atoms with van der Waals surface area (Å²) in [6, 6.07) is 1.59. The first-order valence-electron chi connectivity index (χ1n) is 6.53. The van der Waals surface area contributed by atoms with Crippen LogP contribution in [0.3, 0.4) is 0 Å². The summed E-state index contributed by atoms with van der Waals surface area (Å²) >= 11 is 1.82. The van der Waals surface area contributed by atoms with Crippen LogP contribution in [-0.2, 0) is 6.18 Å². The van der Waals surface area contributed by atoms with E-state index in [2.05, 4.69) is 15.3 Å². The lowest BCUT2D eigenvalue weighted by Gasteiger charge is -2.22. The highest BCUT2D eigenvalue weighted by Gasteiger charge is 2.36. The molecular formula is C12H17F3N4S. The summed E-state index contributed by atoms with van der Waals surface area (Å²) in [6.45, 7) is 3.78. The second-order valence-electron chi connectivity index (χ2n) is 4.42. The summed E-state index contributed by atoms with van der Waals surface area (Å²) in [5, 5.41) is 2.83. The molecule has 1 aliphatic heterocycles. The average molecular weight is 306 g/mol. The first-order valence-corrected chi connectivity index (χ1v) is 7.69. The van der Waals surface area contributed by atoms with Crippen LogP contribution in [0.1, 0.15) is 19.2 Å². The molecular weight excluding hydrogens is 289 g/mol. The van der Waals surface area contributed by atoms with Gasteiger partial charge in [-0.1, -0.05) is 0 Å². The van der Waals surface area contributed by atoms with E-state index in [-0.39, 0.29) is 5.82 Å². The van der Waals surface area contributed by atoms with Gasteiger partial charge in [-0.25, -0.2) is 9.97 Å². The molecule has 1 N–H and O–H groups in total. The molecule has 1 saturated heterocycles. The summed E-state index contributed by atoms with van der Waals surface area (Å²) in [4.78, 5) is 9.13. The van der Waals surface area contributed by atoms with Crippen LogP contribution in [0.2, 0.25) is 0 Å². The van der Waals surface area contributed by atoms with Gasteiger partial charge in [-0.3, -0.25) is 0 Å². The van der Waals surface area contributed by atoms with Crippen molar-refractivity contribution in [1.82, 2.24) is 9.97 Å². The Morgan fingerprint density at radius 3 is 2.80 bits per heavy atom. The van der Waals surface area contributed by atoms with E-state index < -0.39 is 12.0 Å². The van der Waals surface area contributed by atoms with E-state index in [0.717, 1.165) is 24.5 Å². The summed E-state index contributed by atoms with van der Waals surface area (Å²) in [5.41, 5.74) is 0. The van der Waals surface area contributed by atoms with Gasteiger partial charge in [0, 0.05) is 31.5 Å². The van der Waals surface area contributed by atoms with Gasteiger partial charge >= 0.3 is 6.18 Å². The third-order valence-corrected chi connectivity index (χ3v) is 3.92. The first kappa shape index (κ1) is 15.2. The van der Waals surface area contributed by atoms with Crippen LogP contribution in [0.4, 0.5) is 24.8 Å². The Morgan fingerprint density at radius 1 is 1.30 bits per heavy atom. The predicted molar refractivity (Wildman–Crippen MR) is 75.4 cm³/mol. The number of aromatic nitrogens is 2. The number of rotatable bonds is 3. The third kappa shape index (κ3) is 3.91. The Kier molecular flexibility index (Phi) is 4.95. The number of halogens is 3. The Hall–Kier alpha value is -1.18. The standard InChI is InChI=1S/C12H17F3N4S/c1-2-16-9-8-10(18-11(17-9)12(13,14)15)19-4-3-6-20-7-5-19/h8H,2-7H2,1H3,(H,16,17,18). The molecule has 0 atom stereocenters. The Labute approximate surface area is 120 Å². The molecule has 0 spiro atoms. The van der Waals surface area contributed by atoms with Crippen molar-refractivity contribution in [2.75, 3.05) is 41.4 Å². The first-order chi connectivity index (χ1) is 9.50. The van der Waals surface area contributed by atoms with Gasteiger partial charge in [0.25, 0.3) is 0 Å². The fourth-order valence-electron chi connectivity index (χ4n) is 1.97. The van der Waals surface area contributed by atoms with E-state index >= 15 is 0 Å². The Bertz CT molecular complexity index is 445. The number of nitrogens with one attached hydrogen (secondary N) is 1. The molecule has 0 radical (unpaired) electrons. The smallest absolute Gasteiger partial charge is 0.370 e. The lowest BCUT2D eigenvalue weighted by Crippen LogP contribution is -2.28. The highest BCUT2D eigenvalue weighted by molar-refractivity contribution is 7.99. The van der Waals surface area contributed by atoms with E-state index in [1.807, 2.05) is 23.6 Å². The highest BCUT2D eigenvalue weighted by Crippen LogP contribution is 2.29. The number of hydrogen-bond donors (Lipinski definition) is 1. The molecule has 0 saturated carbocycles. The lowest BCUT2D eigenvalue weighted by molar-refractivity contribution is -0.144. The maximum Gasteiger partial charge on any atom is 0.451 e. The molecule has 112 valence electrons. The maximum absolute atomic E-state index is 12.9. The van der Waals surface area contributed by atoms with Crippen LogP contribution in [-0.4, -0.2) is 41.1 Å². The molecule has 1 aliphatic rings. The SMILES string of the molecule is CCNc1cc(N2CCCSCC2)nc(C(F)(F)F)n1. The van der Waals surface area contributed by atoms with Crippen LogP contribution in [0.15, 0.2) is 6.07 Å². The number of anilines is 2. The van der Waals surface area contributed by atoms with Crippen LogP contribution in [0.5, 0.6) is 0 Å². The van der Waals surface area contributed by atoms with Crippen molar-refractivity contribution in [3.05, 3.63) is 11.9 Å². The van der Waals surface area contributed by atoms with Gasteiger partial charge in [0.2, 0.25) is 5.82 Å². The minimum Gasteiger partial charge on any atom is -0.370 e. The number of nitrogens with zero attached hydrogens (tertiary/aromatic N) is 3. The average Bonchev–Trinajstić information content (AvgIpc) is 2.66. The van der Waals surface area contributed by atoms with Gasteiger partial charge in [0.15, 0.2) is 0 Å². The van der Waals surface area contributed by atoms with Crippen LogP contribution in [0, 0.1) is 0 Å². The topological polar surface area (TPSA) is 41.0 Å². The minimum atomic E-state index is -4.53. The molecule has 1 aromatic heterocycles. The molecule has 1 fully saturated rings. The van der Waals surface area contributed by atoms with Crippen molar-refractivity contribution < 1.29 is 13.2 Å². The molecule has 1 aromatic rings. The van der Waals surface area contributed by atoms with E-state index in [1.165, 1.54) is 0 Å². The predicted octanol–water partition coefficient (Wildman–Crippen LogP) is 2.87. The minimum absolute atomic E-state index is 0.224. The zero-order valence-corrected chi connectivity index (χ0v) is 12.0. The fraction of sp³-hybridized carbons (Fsp3) is 0.667. The summed E-state index contributed by atoms with van der Waals surface area (Å²) < 4.78 is 38.6. The largest absolute Gasteiger partial charge is 0.451 e. The summed E-state index contributed by atoms with van der Waals surface area (Å²) in [5.74, 6) is 1.44. The molecule has 2 heterocycles. The number of hydrogen-bond acceptors (Lipinski definition) is 5. The molecule has 0 aliphatic carbocycles. The van der Waals surface area contributed by atoms with Crippen molar-refractivity contribution in [3.63, 3.8) is 0 Å². The maximum atomic E-state index is 12.9. The molecule has 2 rings (SSSR count). The van der Waals surface area contributed by atoms with Crippen molar-refractivity contribution in [3.8, 4) is 0 Å². The van der Waals surface area contributed by atoms with Crippen LogP contribution in [0.25, 0.3) is 0 Å². The Morgan fingerprint density at radius 2 is 2.10 bits per heavy atom. The van der Waals surface area contributed by atoms with Gasteiger partial charge in [-0.05, 0) is 19.1 Å². The molecule has 20 heavy (non-hydrogen) atoms. The quantitative estimate of drug-likeness (QED) is 0.930. The van der Waals surface area contributed by atoms with Crippen molar-refractivity contribution in [2.24, 2.45) is 0 Å². The van der Waals surface area contributed by atoms with E-state index in [4.69, 9.17) is 0 Å². The number of alkyl halides is 3. The van der Waals surface area contributed by atoms with Gasteiger partial charge < -0.3 is 10.2 Å². The van der Waals surface area contributed by atoms with E-state index in [0.29, 0.717) is 18.9 Å². The Balaban J connectivity index is 2.32. The normalized spacial score (nSPS) is 16.9. The van der Waals surface area contributed by atoms with E-state index in [1.54, 1.807) is 6.07 Å². The van der Waals surface area contributed by atoms with Crippen LogP contribution >= 0.6 is 11.8 Å². The van der Waals surface area contributed by atoms with Gasteiger partial charge in [0.05, 0.1) is 0 Å². The molecule has 0 aromatic carbocycles. The monoisotopic (exact) mass is 306 g/mol. The lowest BCUT2D eigenvalue weighted by atomic mass is 10.3. The molecule has 0 bridgehead atoms. The zero-order chi connectivity index (χ0) is 14.6. The number of thioether (sulfide) groups is 1. The van der Waals surface area contributed by atoms with Crippen LogP contribution < -0.4 is 10.2 Å².